The van der Waals surface area contributed by atoms with Crippen molar-refractivity contribution < 1.29 is 9.13 Å². The predicted molar refractivity (Wildman–Crippen MR) is 77.1 cm³/mol. The van der Waals surface area contributed by atoms with Crippen LogP contribution in [0.25, 0.3) is 0 Å². The highest BCUT2D eigenvalue weighted by molar-refractivity contribution is 7.07. The summed E-state index contributed by atoms with van der Waals surface area (Å²) in [5.41, 5.74) is 7.76. The molecule has 0 saturated heterocycles. The Labute approximate surface area is 117 Å². The topological polar surface area (TPSA) is 35.2 Å². The number of hydrogen-bond acceptors (Lipinski definition) is 3. The molecule has 2 N–H and O–H groups in total. The first-order valence-corrected chi connectivity index (χ1v) is 7.26. The van der Waals surface area contributed by atoms with Gasteiger partial charge in [-0.3, -0.25) is 0 Å². The van der Waals surface area contributed by atoms with Crippen LogP contribution in [0.3, 0.4) is 0 Å². The summed E-state index contributed by atoms with van der Waals surface area (Å²) >= 11 is 1.60. The minimum atomic E-state index is -0.258. The third kappa shape index (κ3) is 3.33. The molecule has 102 valence electrons. The van der Waals surface area contributed by atoms with E-state index in [0.717, 1.165) is 12.0 Å². The number of rotatable bonds is 5. The van der Waals surface area contributed by atoms with E-state index in [-0.39, 0.29) is 18.0 Å². The molecule has 0 saturated carbocycles. The van der Waals surface area contributed by atoms with Gasteiger partial charge in [0.05, 0.1) is 0 Å². The molecule has 2 rings (SSSR count). The first-order chi connectivity index (χ1) is 9.11. The Morgan fingerprint density at radius 1 is 1.37 bits per heavy atom. The lowest BCUT2D eigenvalue weighted by atomic mass is 10.0. The number of aryl methyl sites for hydroxylation is 1. The fraction of sp³-hybridized carbons (Fsp3) is 0.333. The van der Waals surface area contributed by atoms with Crippen LogP contribution >= 0.6 is 11.3 Å². The van der Waals surface area contributed by atoms with Gasteiger partial charge in [-0.15, -0.1) is 0 Å². The number of ether oxygens (including phenoxy) is 1. The first kappa shape index (κ1) is 14.0. The van der Waals surface area contributed by atoms with Crippen LogP contribution in [0.4, 0.5) is 4.39 Å². The van der Waals surface area contributed by atoms with Gasteiger partial charge >= 0.3 is 0 Å². The average Bonchev–Trinajstić information content (AvgIpc) is 2.93. The molecule has 4 heteroatoms. The molecular weight excluding hydrogens is 261 g/mol. The molecule has 0 radical (unpaired) electrons. The molecule has 2 atom stereocenters. The lowest BCUT2D eigenvalue weighted by molar-refractivity contribution is 0.171. The van der Waals surface area contributed by atoms with Crippen LogP contribution in [0.5, 0.6) is 5.75 Å². The molecule has 2 nitrogen and oxygen atoms in total. The van der Waals surface area contributed by atoms with Crippen molar-refractivity contribution in [1.29, 1.82) is 0 Å². The zero-order valence-corrected chi connectivity index (χ0v) is 11.9. The minimum absolute atomic E-state index is 0.112. The van der Waals surface area contributed by atoms with Gasteiger partial charge in [0.25, 0.3) is 0 Å². The van der Waals surface area contributed by atoms with E-state index >= 15 is 0 Å². The van der Waals surface area contributed by atoms with E-state index in [1.807, 2.05) is 23.8 Å². The molecule has 0 aliphatic rings. The highest BCUT2D eigenvalue weighted by atomic mass is 32.1. The fourth-order valence-corrected chi connectivity index (χ4v) is 2.53. The summed E-state index contributed by atoms with van der Waals surface area (Å²) < 4.78 is 19.4. The summed E-state index contributed by atoms with van der Waals surface area (Å²) in [6.07, 6.45) is 0.563. The van der Waals surface area contributed by atoms with Crippen molar-refractivity contribution in [3.8, 4) is 5.75 Å². The molecule has 1 aromatic heterocycles. The average molecular weight is 279 g/mol. The number of thiophene rings is 1. The van der Waals surface area contributed by atoms with Gasteiger partial charge in [0.15, 0.2) is 0 Å². The van der Waals surface area contributed by atoms with E-state index < -0.39 is 0 Å². The van der Waals surface area contributed by atoms with Crippen LogP contribution in [-0.4, -0.2) is 6.04 Å². The summed E-state index contributed by atoms with van der Waals surface area (Å²) in [5, 5.41) is 4.01. The van der Waals surface area contributed by atoms with Gasteiger partial charge in [0, 0.05) is 17.7 Å². The molecule has 1 heterocycles. The van der Waals surface area contributed by atoms with Crippen molar-refractivity contribution in [3.05, 3.63) is 52.0 Å². The second-order valence-electron chi connectivity index (χ2n) is 4.58. The van der Waals surface area contributed by atoms with Crippen molar-refractivity contribution in [2.45, 2.75) is 32.4 Å². The predicted octanol–water partition coefficient (Wildman–Crippen LogP) is 4.05. The Balaban J connectivity index is 2.23. The van der Waals surface area contributed by atoms with Crippen molar-refractivity contribution in [2.75, 3.05) is 0 Å². The Hall–Kier alpha value is -1.39. The summed E-state index contributed by atoms with van der Waals surface area (Å²) in [5.74, 6) is 0.259. The van der Waals surface area contributed by atoms with Gasteiger partial charge < -0.3 is 10.5 Å². The number of benzene rings is 1. The molecule has 0 fully saturated rings. The normalized spacial score (nSPS) is 14.1. The highest BCUT2D eigenvalue weighted by Gasteiger charge is 2.21. The van der Waals surface area contributed by atoms with E-state index in [1.54, 1.807) is 30.4 Å². The number of nitrogens with two attached hydrogens (primary N) is 1. The van der Waals surface area contributed by atoms with E-state index in [1.165, 1.54) is 6.07 Å². The molecule has 19 heavy (non-hydrogen) atoms. The second kappa shape index (κ2) is 6.17. The van der Waals surface area contributed by atoms with Crippen LogP contribution in [0.2, 0.25) is 0 Å². The Morgan fingerprint density at radius 2 is 2.16 bits per heavy atom. The third-order valence-corrected chi connectivity index (χ3v) is 3.84. The monoisotopic (exact) mass is 279 g/mol. The maximum Gasteiger partial charge on any atom is 0.140 e. The van der Waals surface area contributed by atoms with Crippen LogP contribution in [-0.2, 0) is 0 Å². The Morgan fingerprint density at radius 3 is 2.74 bits per heavy atom. The van der Waals surface area contributed by atoms with Gasteiger partial charge in [0.2, 0.25) is 0 Å². The Kier molecular flexibility index (Phi) is 4.56. The van der Waals surface area contributed by atoms with Gasteiger partial charge in [-0.1, -0.05) is 13.0 Å². The summed E-state index contributed by atoms with van der Waals surface area (Å²) in [6.45, 7) is 3.75. The molecule has 0 bridgehead atoms. The maximum atomic E-state index is 13.5. The van der Waals surface area contributed by atoms with E-state index in [0.29, 0.717) is 11.3 Å². The van der Waals surface area contributed by atoms with E-state index in [9.17, 15) is 4.39 Å². The summed E-state index contributed by atoms with van der Waals surface area (Å²) in [7, 11) is 0. The van der Waals surface area contributed by atoms with Crippen LogP contribution in [0.15, 0.2) is 35.0 Å². The first-order valence-electron chi connectivity index (χ1n) is 6.32. The Bertz CT molecular complexity index is 527. The number of halogens is 1. The van der Waals surface area contributed by atoms with E-state index in [2.05, 4.69) is 0 Å². The molecule has 0 amide bonds. The summed E-state index contributed by atoms with van der Waals surface area (Å²) in [6, 6.07) is 6.79. The van der Waals surface area contributed by atoms with Crippen molar-refractivity contribution in [3.63, 3.8) is 0 Å². The fourth-order valence-electron chi connectivity index (χ4n) is 1.85. The molecule has 0 aliphatic carbocycles. The molecule has 2 aromatic rings. The third-order valence-electron chi connectivity index (χ3n) is 3.14. The van der Waals surface area contributed by atoms with Crippen LogP contribution in [0.1, 0.15) is 30.6 Å². The quantitative estimate of drug-likeness (QED) is 0.896. The molecule has 2 unspecified atom stereocenters. The highest BCUT2D eigenvalue weighted by Crippen LogP contribution is 2.28. The molecule has 0 aliphatic heterocycles. The van der Waals surface area contributed by atoms with Gasteiger partial charge in [-0.25, -0.2) is 4.39 Å². The molecule has 1 aromatic carbocycles. The zero-order chi connectivity index (χ0) is 13.8. The molecule has 0 spiro atoms. The molecular formula is C15H18FNOS. The minimum Gasteiger partial charge on any atom is -0.484 e. The van der Waals surface area contributed by atoms with Crippen molar-refractivity contribution in [2.24, 2.45) is 5.73 Å². The standard InChI is InChI=1S/C15H18FNOS/c1-3-14(17)15(11-6-7-19-9-11)18-12-5-4-10(2)13(16)8-12/h4-9,14-15H,3,17H2,1-2H3. The number of hydrogen-bond donors (Lipinski definition) is 1. The lowest BCUT2D eigenvalue weighted by Crippen LogP contribution is -2.31. The van der Waals surface area contributed by atoms with Crippen LogP contribution in [0, 0.1) is 12.7 Å². The smallest absolute Gasteiger partial charge is 0.140 e. The van der Waals surface area contributed by atoms with Gasteiger partial charge in [0.1, 0.15) is 17.7 Å². The SMILES string of the molecule is CCC(N)C(Oc1ccc(C)c(F)c1)c1ccsc1. The maximum absolute atomic E-state index is 13.5. The van der Waals surface area contributed by atoms with Gasteiger partial charge in [-0.2, -0.15) is 11.3 Å². The lowest BCUT2D eigenvalue weighted by Gasteiger charge is -2.24. The van der Waals surface area contributed by atoms with Crippen molar-refractivity contribution in [1.82, 2.24) is 0 Å². The second-order valence-corrected chi connectivity index (χ2v) is 5.36. The van der Waals surface area contributed by atoms with Gasteiger partial charge in [-0.05, 0) is 41.8 Å². The zero-order valence-electron chi connectivity index (χ0n) is 11.1. The largest absolute Gasteiger partial charge is 0.484 e. The van der Waals surface area contributed by atoms with E-state index in [4.69, 9.17) is 10.5 Å². The summed E-state index contributed by atoms with van der Waals surface area (Å²) in [4.78, 5) is 0. The van der Waals surface area contributed by atoms with Crippen molar-refractivity contribution >= 4 is 11.3 Å². The van der Waals surface area contributed by atoms with Crippen LogP contribution < -0.4 is 10.5 Å².